The monoisotopic (exact) mass is 282 g/mol. The van der Waals surface area contributed by atoms with Crippen molar-refractivity contribution in [1.29, 1.82) is 0 Å². The van der Waals surface area contributed by atoms with E-state index < -0.39 is 0 Å². The first-order valence-corrected chi connectivity index (χ1v) is 8.84. The second-order valence-electron chi connectivity index (χ2n) is 6.27. The predicted molar refractivity (Wildman–Crippen MR) is 70.7 cm³/mol. The normalized spacial score (nSPS) is 40.0. The summed E-state index contributed by atoms with van der Waals surface area (Å²) in [5.74, 6) is 3.18. The molecule has 0 aliphatic heterocycles. The Bertz CT molecular complexity index is 312. The third-order valence-corrected chi connectivity index (χ3v) is 7.99. The summed E-state index contributed by atoms with van der Waals surface area (Å²) in [6.07, 6.45) is 13.8. The van der Waals surface area contributed by atoms with Crippen LogP contribution in [-0.2, 0) is 0 Å². The van der Waals surface area contributed by atoms with Crippen LogP contribution in [0.1, 0.15) is 33.1 Å². The molecule has 0 aromatic heterocycles. The summed E-state index contributed by atoms with van der Waals surface area (Å²) >= 11 is 0.812. The van der Waals surface area contributed by atoms with E-state index in [4.69, 9.17) is 0 Å². The molecule has 4 aliphatic carbocycles. The van der Waals surface area contributed by atoms with Gasteiger partial charge in [-0.1, -0.05) is 0 Å². The van der Waals surface area contributed by atoms with Crippen LogP contribution >= 0.6 is 0 Å². The molecule has 0 aromatic carbocycles. The molecular weight excluding hydrogens is 259 g/mol. The van der Waals surface area contributed by atoms with E-state index in [0.29, 0.717) is 5.41 Å². The topological polar surface area (TPSA) is 0 Å². The molecule has 3 fully saturated rings. The third-order valence-electron chi connectivity index (χ3n) is 5.22. The molecule has 0 nitrogen and oxygen atoms in total. The van der Waals surface area contributed by atoms with Crippen molar-refractivity contribution in [3.05, 3.63) is 24.3 Å². The van der Waals surface area contributed by atoms with E-state index in [1.54, 1.807) is 6.42 Å². The maximum atomic E-state index is 2.51. The molecule has 0 radical (unpaired) electrons. The molecule has 4 rings (SSSR count). The van der Waals surface area contributed by atoms with Crippen LogP contribution in [0.5, 0.6) is 0 Å². The molecule has 0 spiro atoms. The van der Waals surface area contributed by atoms with Crippen LogP contribution < -0.4 is 0 Å². The summed E-state index contributed by atoms with van der Waals surface area (Å²) < 4.78 is 0. The molecule has 1 heteroatoms. The Hall–Kier alpha value is -0.000519. The van der Waals surface area contributed by atoms with E-state index in [1.165, 1.54) is 18.2 Å². The molecule has 16 heavy (non-hydrogen) atoms. The molecule has 2 bridgehead atoms. The van der Waals surface area contributed by atoms with Gasteiger partial charge in [-0.2, -0.15) is 0 Å². The van der Waals surface area contributed by atoms with Crippen LogP contribution in [-0.4, -0.2) is 15.0 Å². The first kappa shape index (κ1) is 11.1. The number of hydrogen-bond donors (Lipinski definition) is 0. The summed E-state index contributed by atoms with van der Waals surface area (Å²) in [7, 11) is 0. The van der Waals surface area contributed by atoms with Crippen LogP contribution in [0, 0.1) is 23.2 Å². The van der Waals surface area contributed by atoms with Crippen molar-refractivity contribution < 1.29 is 0 Å². The summed E-state index contributed by atoms with van der Waals surface area (Å²) in [6.45, 7) is 5.03. The van der Waals surface area contributed by atoms with Gasteiger partial charge in [0.05, 0.1) is 0 Å². The molecule has 0 heterocycles. The Morgan fingerprint density at radius 1 is 1.19 bits per heavy atom. The summed E-state index contributed by atoms with van der Waals surface area (Å²) in [6, 6.07) is 0. The average Bonchev–Trinajstić information content (AvgIpc) is 2.79. The zero-order chi connectivity index (χ0) is 11.2. The molecule has 0 unspecified atom stereocenters. The van der Waals surface area contributed by atoms with E-state index in [1.807, 2.05) is 0 Å². The van der Waals surface area contributed by atoms with E-state index in [-0.39, 0.29) is 0 Å². The Morgan fingerprint density at radius 3 is 2.56 bits per heavy atom. The number of hydrogen-bond acceptors (Lipinski definition) is 0. The van der Waals surface area contributed by atoms with Crippen molar-refractivity contribution in [2.75, 3.05) is 0 Å². The summed E-state index contributed by atoms with van der Waals surface area (Å²) in [5.41, 5.74) is 0.681. The number of allylic oxidation sites excluding steroid dienone is 4. The Kier molecular flexibility index (Phi) is 2.80. The van der Waals surface area contributed by atoms with Gasteiger partial charge in [-0.05, 0) is 0 Å². The molecule has 0 amide bonds. The van der Waals surface area contributed by atoms with E-state index in [2.05, 4.69) is 38.2 Å². The fourth-order valence-corrected chi connectivity index (χ4v) is 6.59. The van der Waals surface area contributed by atoms with Crippen LogP contribution in [0.4, 0.5) is 0 Å². The van der Waals surface area contributed by atoms with Gasteiger partial charge < -0.3 is 0 Å². The quantitative estimate of drug-likeness (QED) is 0.683. The maximum absolute atomic E-state index is 2.51. The molecule has 3 saturated carbocycles. The number of rotatable bonds is 3. The van der Waals surface area contributed by atoms with Gasteiger partial charge in [-0.15, -0.1) is 0 Å². The van der Waals surface area contributed by atoms with Crippen LogP contribution in [0.25, 0.3) is 0 Å². The third kappa shape index (κ3) is 1.73. The summed E-state index contributed by atoms with van der Waals surface area (Å²) in [5, 5.41) is 1.52. The Morgan fingerprint density at radius 2 is 1.94 bits per heavy atom. The van der Waals surface area contributed by atoms with Crippen molar-refractivity contribution >= 4 is 15.0 Å². The molecule has 3 atom stereocenters. The molecule has 4 aliphatic rings. The SMILES string of the molecule is CC1(C)[C@@H]2CC[C@H](C[Se]C3C=CC=C3)[C@H]1C2. The van der Waals surface area contributed by atoms with Crippen molar-refractivity contribution in [2.45, 2.75) is 43.2 Å². The summed E-state index contributed by atoms with van der Waals surface area (Å²) in [4.78, 5) is 0.813. The fraction of sp³-hybridized carbons (Fsp3) is 0.733. The second-order valence-corrected chi connectivity index (χ2v) is 8.81. The van der Waals surface area contributed by atoms with Crippen LogP contribution in [0.3, 0.4) is 0 Å². The molecule has 0 saturated heterocycles. The fourth-order valence-electron chi connectivity index (χ4n) is 3.92. The van der Waals surface area contributed by atoms with Crippen molar-refractivity contribution in [3.8, 4) is 0 Å². The van der Waals surface area contributed by atoms with Crippen molar-refractivity contribution in [1.82, 2.24) is 0 Å². The van der Waals surface area contributed by atoms with Gasteiger partial charge in [0.25, 0.3) is 0 Å². The van der Waals surface area contributed by atoms with Gasteiger partial charge in [0, 0.05) is 0 Å². The Balaban J connectivity index is 1.55. The van der Waals surface area contributed by atoms with Gasteiger partial charge in [-0.25, -0.2) is 0 Å². The molecule has 88 valence electrons. The van der Waals surface area contributed by atoms with Gasteiger partial charge >= 0.3 is 106 Å². The first-order valence-electron chi connectivity index (χ1n) is 6.64. The van der Waals surface area contributed by atoms with Gasteiger partial charge in [0.1, 0.15) is 0 Å². The van der Waals surface area contributed by atoms with E-state index in [0.717, 1.165) is 37.5 Å². The zero-order valence-electron chi connectivity index (χ0n) is 10.4. The van der Waals surface area contributed by atoms with E-state index in [9.17, 15) is 0 Å². The van der Waals surface area contributed by atoms with Crippen LogP contribution in [0.2, 0.25) is 10.1 Å². The number of fused-ring (bicyclic) bond motifs is 2. The minimum absolute atomic E-state index is 0.681. The van der Waals surface area contributed by atoms with Crippen LogP contribution in [0.15, 0.2) is 24.3 Å². The van der Waals surface area contributed by atoms with Gasteiger partial charge in [0.2, 0.25) is 0 Å². The zero-order valence-corrected chi connectivity index (χ0v) is 12.1. The minimum atomic E-state index is 0.681. The molecule has 0 aromatic rings. The molecular formula is C15H22Se. The van der Waals surface area contributed by atoms with Gasteiger partial charge in [0.15, 0.2) is 0 Å². The first-order chi connectivity index (χ1) is 7.68. The average molecular weight is 281 g/mol. The predicted octanol–water partition coefficient (Wildman–Crippen LogP) is 4.10. The van der Waals surface area contributed by atoms with Crippen molar-refractivity contribution in [3.63, 3.8) is 0 Å². The van der Waals surface area contributed by atoms with Gasteiger partial charge in [-0.3, -0.25) is 0 Å². The van der Waals surface area contributed by atoms with E-state index >= 15 is 0 Å². The second kappa shape index (κ2) is 4.03. The standard InChI is InChI=1S/C15H22Se/c1-15(2)12-8-7-11(14(15)9-12)10-16-13-5-3-4-6-13/h3-6,11-14H,7-10H2,1-2H3/t11-,12-,14-/m1/s1. The Labute approximate surface area is 106 Å². The van der Waals surface area contributed by atoms with Crippen molar-refractivity contribution in [2.24, 2.45) is 23.2 Å². The molecule has 0 N–H and O–H groups in total.